The quantitative estimate of drug-likeness (QED) is 0.596. The van der Waals surface area contributed by atoms with Crippen LogP contribution in [0, 0.1) is 11.8 Å². The molecule has 4 heterocycles. The van der Waals surface area contributed by atoms with Crippen molar-refractivity contribution in [1.29, 1.82) is 0 Å². The van der Waals surface area contributed by atoms with Crippen LogP contribution in [0.25, 0.3) is 0 Å². The number of methoxy groups -OCH3 is 1. The standard InChI is InChI=1S/C23H24N6O3/c1-29-9-7-19(8-10-29)32-21-6-5-18(14-25-21)27-23(30)22-17(13-26-28-22)4-3-16-11-20(31-2)15-24-12-16/h5-6,11-15,19H,7-10H2,1-2H3,(H,26,28)(H,27,30). The number of piperidine rings is 1. The van der Waals surface area contributed by atoms with Gasteiger partial charge in [0.05, 0.1) is 30.8 Å². The van der Waals surface area contributed by atoms with Crippen LogP contribution in [0.4, 0.5) is 5.69 Å². The lowest BCUT2D eigenvalue weighted by atomic mass is 10.1. The second-order valence-electron chi connectivity index (χ2n) is 7.47. The van der Waals surface area contributed by atoms with Crippen molar-refractivity contribution in [2.24, 2.45) is 0 Å². The van der Waals surface area contributed by atoms with Crippen LogP contribution in [0.2, 0.25) is 0 Å². The van der Waals surface area contributed by atoms with Crippen LogP contribution in [-0.2, 0) is 0 Å². The van der Waals surface area contributed by atoms with Gasteiger partial charge in [-0.1, -0.05) is 11.8 Å². The lowest BCUT2D eigenvalue weighted by Gasteiger charge is -2.28. The zero-order chi connectivity index (χ0) is 22.3. The zero-order valence-corrected chi connectivity index (χ0v) is 18.0. The van der Waals surface area contributed by atoms with Crippen LogP contribution in [0.15, 0.2) is 43.0 Å². The van der Waals surface area contributed by atoms with Crippen molar-refractivity contribution in [3.8, 4) is 23.5 Å². The highest BCUT2D eigenvalue weighted by molar-refractivity contribution is 6.04. The minimum atomic E-state index is -0.384. The van der Waals surface area contributed by atoms with Crippen molar-refractivity contribution in [3.63, 3.8) is 0 Å². The molecule has 1 saturated heterocycles. The first-order chi connectivity index (χ1) is 15.6. The number of carbonyl (C=O) groups excluding carboxylic acids is 1. The molecule has 0 aliphatic carbocycles. The molecule has 3 aromatic heterocycles. The Kier molecular flexibility index (Phi) is 6.63. The van der Waals surface area contributed by atoms with Gasteiger partial charge in [0.2, 0.25) is 5.88 Å². The van der Waals surface area contributed by atoms with E-state index in [0.29, 0.717) is 28.4 Å². The van der Waals surface area contributed by atoms with Gasteiger partial charge >= 0.3 is 0 Å². The summed E-state index contributed by atoms with van der Waals surface area (Å²) in [6, 6.07) is 5.28. The fraction of sp³-hybridized carbons (Fsp3) is 0.304. The first-order valence-corrected chi connectivity index (χ1v) is 10.3. The van der Waals surface area contributed by atoms with Gasteiger partial charge in [0.25, 0.3) is 5.91 Å². The average molecular weight is 432 g/mol. The summed E-state index contributed by atoms with van der Waals surface area (Å²) in [5, 5.41) is 9.51. The molecule has 1 fully saturated rings. The van der Waals surface area contributed by atoms with Crippen molar-refractivity contribution in [1.82, 2.24) is 25.1 Å². The number of hydrogen-bond acceptors (Lipinski definition) is 7. The van der Waals surface area contributed by atoms with Gasteiger partial charge in [-0.25, -0.2) is 4.98 Å². The highest BCUT2D eigenvalue weighted by Crippen LogP contribution is 2.18. The number of ether oxygens (including phenoxy) is 2. The van der Waals surface area contributed by atoms with Crippen LogP contribution >= 0.6 is 0 Å². The third-order valence-electron chi connectivity index (χ3n) is 5.09. The number of anilines is 1. The summed E-state index contributed by atoms with van der Waals surface area (Å²) in [4.78, 5) is 23.3. The van der Waals surface area contributed by atoms with E-state index in [1.165, 1.54) is 0 Å². The highest BCUT2D eigenvalue weighted by atomic mass is 16.5. The van der Waals surface area contributed by atoms with E-state index in [0.717, 1.165) is 25.9 Å². The van der Waals surface area contributed by atoms with Crippen LogP contribution in [0.3, 0.4) is 0 Å². The lowest BCUT2D eigenvalue weighted by molar-refractivity contribution is 0.102. The number of rotatable bonds is 5. The van der Waals surface area contributed by atoms with Gasteiger partial charge in [-0.3, -0.25) is 14.9 Å². The molecule has 0 bridgehead atoms. The lowest BCUT2D eigenvalue weighted by Crippen LogP contribution is -2.35. The smallest absolute Gasteiger partial charge is 0.277 e. The minimum absolute atomic E-state index is 0.170. The number of nitrogens with one attached hydrogen (secondary N) is 2. The molecule has 9 heteroatoms. The molecular formula is C23H24N6O3. The van der Waals surface area contributed by atoms with Gasteiger partial charge in [-0.15, -0.1) is 0 Å². The van der Waals surface area contributed by atoms with E-state index in [1.54, 1.807) is 50.1 Å². The highest BCUT2D eigenvalue weighted by Gasteiger charge is 2.19. The Bertz CT molecular complexity index is 1120. The number of hydrogen-bond donors (Lipinski definition) is 2. The molecule has 1 amide bonds. The molecule has 1 aliphatic rings. The molecule has 164 valence electrons. The van der Waals surface area contributed by atoms with Crippen molar-refractivity contribution < 1.29 is 14.3 Å². The molecule has 2 N–H and O–H groups in total. The first kappa shape index (κ1) is 21.3. The van der Waals surface area contributed by atoms with E-state index >= 15 is 0 Å². The van der Waals surface area contributed by atoms with Crippen LogP contribution in [0.1, 0.15) is 34.5 Å². The first-order valence-electron chi connectivity index (χ1n) is 10.3. The number of amides is 1. The van der Waals surface area contributed by atoms with E-state index in [2.05, 4.69) is 49.3 Å². The van der Waals surface area contributed by atoms with Gasteiger partial charge in [-0.2, -0.15) is 5.10 Å². The molecule has 0 saturated carbocycles. The summed E-state index contributed by atoms with van der Waals surface area (Å²) in [5.41, 5.74) is 1.88. The predicted molar refractivity (Wildman–Crippen MR) is 119 cm³/mol. The normalized spacial score (nSPS) is 14.3. The second-order valence-corrected chi connectivity index (χ2v) is 7.47. The van der Waals surface area contributed by atoms with Gasteiger partial charge in [0, 0.05) is 37.1 Å². The Labute approximate surface area is 186 Å². The van der Waals surface area contributed by atoms with E-state index < -0.39 is 0 Å². The number of carbonyl (C=O) groups is 1. The number of likely N-dealkylation sites (tertiary alicyclic amines) is 1. The second kappa shape index (κ2) is 9.94. The number of nitrogens with zero attached hydrogens (tertiary/aromatic N) is 4. The number of aromatic nitrogens is 4. The average Bonchev–Trinajstić information content (AvgIpc) is 3.29. The zero-order valence-electron chi connectivity index (χ0n) is 18.0. The molecule has 0 spiro atoms. The number of pyridine rings is 2. The number of aromatic amines is 1. The summed E-state index contributed by atoms with van der Waals surface area (Å²) >= 11 is 0. The summed E-state index contributed by atoms with van der Waals surface area (Å²) < 4.78 is 11.1. The van der Waals surface area contributed by atoms with Crippen molar-refractivity contribution >= 4 is 11.6 Å². The van der Waals surface area contributed by atoms with Crippen molar-refractivity contribution in [3.05, 3.63) is 59.8 Å². The van der Waals surface area contributed by atoms with Gasteiger partial charge in [-0.05, 0) is 32.0 Å². The summed E-state index contributed by atoms with van der Waals surface area (Å²) in [6.07, 6.45) is 8.49. The molecule has 0 atom stereocenters. The predicted octanol–water partition coefficient (Wildman–Crippen LogP) is 2.33. The topological polar surface area (TPSA) is 105 Å². The van der Waals surface area contributed by atoms with E-state index in [1.807, 2.05) is 0 Å². The Morgan fingerprint density at radius 3 is 2.81 bits per heavy atom. The minimum Gasteiger partial charge on any atom is -0.495 e. The third kappa shape index (κ3) is 5.42. The Balaban J connectivity index is 1.39. The van der Waals surface area contributed by atoms with Crippen molar-refractivity contribution in [2.45, 2.75) is 18.9 Å². The molecule has 3 aromatic rings. The van der Waals surface area contributed by atoms with E-state index in [4.69, 9.17) is 9.47 Å². The Morgan fingerprint density at radius 1 is 1.22 bits per heavy atom. The van der Waals surface area contributed by atoms with Crippen LogP contribution < -0.4 is 14.8 Å². The van der Waals surface area contributed by atoms with Crippen LogP contribution in [-0.4, -0.2) is 64.3 Å². The van der Waals surface area contributed by atoms with Gasteiger partial charge < -0.3 is 19.7 Å². The number of H-pyrrole nitrogens is 1. The maximum Gasteiger partial charge on any atom is 0.277 e. The molecule has 1 aliphatic heterocycles. The van der Waals surface area contributed by atoms with Gasteiger partial charge in [0.15, 0.2) is 5.69 Å². The monoisotopic (exact) mass is 432 g/mol. The molecule has 4 rings (SSSR count). The molecule has 9 nitrogen and oxygen atoms in total. The van der Waals surface area contributed by atoms with Crippen molar-refractivity contribution in [2.75, 3.05) is 32.6 Å². The molecule has 0 radical (unpaired) electrons. The molecule has 32 heavy (non-hydrogen) atoms. The Hall–Kier alpha value is -3.90. The SMILES string of the molecule is COc1cncc(C#Cc2c[nH]nc2C(=O)Nc2ccc(OC3CCN(C)CC3)nc2)c1. The van der Waals surface area contributed by atoms with E-state index in [9.17, 15) is 4.79 Å². The molecule has 0 unspecified atom stereocenters. The van der Waals surface area contributed by atoms with Crippen LogP contribution in [0.5, 0.6) is 11.6 Å². The fourth-order valence-corrected chi connectivity index (χ4v) is 3.28. The van der Waals surface area contributed by atoms with Gasteiger partial charge in [0.1, 0.15) is 11.9 Å². The molecule has 0 aromatic carbocycles. The maximum atomic E-state index is 12.7. The fourth-order valence-electron chi connectivity index (χ4n) is 3.28. The summed E-state index contributed by atoms with van der Waals surface area (Å²) in [5.74, 6) is 6.69. The van der Waals surface area contributed by atoms with E-state index in [-0.39, 0.29) is 17.7 Å². The molecular weight excluding hydrogens is 408 g/mol. The summed E-state index contributed by atoms with van der Waals surface area (Å²) in [7, 11) is 3.67. The Morgan fingerprint density at radius 2 is 2.06 bits per heavy atom. The largest absolute Gasteiger partial charge is 0.495 e. The third-order valence-corrected chi connectivity index (χ3v) is 5.09. The summed E-state index contributed by atoms with van der Waals surface area (Å²) in [6.45, 7) is 2.03. The maximum absolute atomic E-state index is 12.7.